The molecule has 4 aromatic rings. The zero-order valence-electron chi connectivity index (χ0n) is 18.6. The third kappa shape index (κ3) is 4.10. The van der Waals surface area contributed by atoms with Crippen LogP contribution in [0.2, 0.25) is 0 Å². The van der Waals surface area contributed by atoms with Crippen molar-refractivity contribution in [1.29, 1.82) is 0 Å². The van der Waals surface area contributed by atoms with Gasteiger partial charge in [-0.15, -0.1) is 15.0 Å². The van der Waals surface area contributed by atoms with Gasteiger partial charge in [0, 0.05) is 30.4 Å². The fraction of sp³-hybridized carbons (Fsp3) is 0.273. The molecule has 0 radical (unpaired) electrons. The lowest BCUT2D eigenvalue weighted by molar-refractivity contribution is -0.0475. The summed E-state index contributed by atoms with van der Waals surface area (Å²) in [6.07, 6.45) is 3.98. The molecular weight excluding hydrogens is 460 g/mol. The zero-order valence-corrected chi connectivity index (χ0v) is 18.6. The van der Waals surface area contributed by atoms with Gasteiger partial charge in [-0.2, -0.15) is 5.10 Å². The first kappa shape index (κ1) is 22.5. The number of rotatable bonds is 7. The molecule has 2 amide bonds. The summed E-state index contributed by atoms with van der Waals surface area (Å²) in [6.45, 7) is 2.07. The molecule has 35 heavy (non-hydrogen) atoms. The van der Waals surface area contributed by atoms with E-state index in [-0.39, 0.29) is 24.7 Å². The number of aliphatic hydroxyl groups is 1. The van der Waals surface area contributed by atoms with Crippen molar-refractivity contribution in [3.05, 3.63) is 78.6 Å². The molecule has 0 aliphatic carbocycles. The maximum Gasteiger partial charge on any atom is 0.324 e. The summed E-state index contributed by atoms with van der Waals surface area (Å²) >= 11 is 0. The molecule has 1 saturated heterocycles. The van der Waals surface area contributed by atoms with Crippen LogP contribution in [-0.2, 0) is 12.1 Å². The first-order valence-electron chi connectivity index (χ1n) is 10.8. The number of nitrogens with zero attached hydrogens (tertiary/aromatic N) is 9. The number of hydrogen-bond acceptors (Lipinski definition) is 7. The van der Waals surface area contributed by atoms with Gasteiger partial charge in [0.05, 0.1) is 18.3 Å². The highest BCUT2D eigenvalue weighted by atomic mass is 19.1. The first-order valence-corrected chi connectivity index (χ1v) is 10.8. The first-order chi connectivity index (χ1) is 16.9. The number of tetrazole rings is 1. The van der Waals surface area contributed by atoms with Crippen molar-refractivity contribution in [1.82, 2.24) is 39.9 Å². The Labute approximate surface area is 198 Å². The molecule has 13 heteroatoms. The van der Waals surface area contributed by atoms with Crippen molar-refractivity contribution >= 4 is 11.7 Å². The van der Waals surface area contributed by atoms with Crippen LogP contribution in [0.25, 0.3) is 5.69 Å². The van der Waals surface area contributed by atoms with E-state index < -0.39 is 23.3 Å². The normalized spacial score (nSPS) is 16.5. The smallest absolute Gasteiger partial charge is 0.324 e. The second-order valence-corrected chi connectivity index (χ2v) is 8.19. The highest BCUT2D eigenvalue weighted by Crippen LogP contribution is 2.35. The SMILES string of the molecule is C[C@@H](N1CCN(c2ccc(-n3ncnn3)cc2)C1=O)C(O)(Cn1cncn1)c1ccc(F)cc1F. The van der Waals surface area contributed by atoms with E-state index >= 15 is 0 Å². The summed E-state index contributed by atoms with van der Waals surface area (Å²) in [7, 11) is 0. The summed E-state index contributed by atoms with van der Waals surface area (Å²) in [6, 6.07) is 8.74. The maximum absolute atomic E-state index is 14.8. The number of hydrogen-bond donors (Lipinski definition) is 1. The van der Waals surface area contributed by atoms with Gasteiger partial charge in [0.25, 0.3) is 0 Å². The topological polar surface area (TPSA) is 118 Å². The lowest BCUT2D eigenvalue weighted by Crippen LogP contribution is -2.53. The molecule has 2 aromatic carbocycles. The van der Waals surface area contributed by atoms with Gasteiger partial charge in [-0.3, -0.25) is 4.90 Å². The Morgan fingerprint density at radius 3 is 2.49 bits per heavy atom. The van der Waals surface area contributed by atoms with Crippen LogP contribution in [0.1, 0.15) is 12.5 Å². The van der Waals surface area contributed by atoms with Crippen LogP contribution in [-0.4, -0.2) is 70.1 Å². The third-order valence-corrected chi connectivity index (χ3v) is 6.21. The molecule has 5 rings (SSSR count). The van der Waals surface area contributed by atoms with Crippen molar-refractivity contribution < 1.29 is 18.7 Å². The van der Waals surface area contributed by atoms with Crippen LogP contribution in [0.4, 0.5) is 19.3 Å². The molecule has 0 saturated carbocycles. The number of aromatic nitrogens is 7. The van der Waals surface area contributed by atoms with Gasteiger partial charge < -0.3 is 10.0 Å². The van der Waals surface area contributed by atoms with Crippen LogP contribution < -0.4 is 4.90 Å². The average Bonchev–Trinajstić information content (AvgIpc) is 3.61. The van der Waals surface area contributed by atoms with Gasteiger partial charge in [-0.1, -0.05) is 6.07 Å². The van der Waals surface area contributed by atoms with Gasteiger partial charge in [0.1, 0.15) is 29.9 Å². The second-order valence-electron chi connectivity index (χ2n) is 8.19. The van der Waals surface area contributed by atoms with Crippen LogP contribution in [0.5, 0.6) is 0 Å². The predicted octanol–water partition coefficient (Wildman–Crippen LogP) is 1.75. The van der Waals surface area contributed by atoms with Gasteiger partial charge in [0.15, 0.2) is 6.33 Å². The van der Waals surface area contributed by atoms with E-state index in [4.69, 9.17) is 0 Å². The summed E-state index contributed by atoms with van der Waals surface area (Å²) in [5, 5.41) is 27.3. The van der Waals surface area contributed by atoms with Crippen molar-refractivity contribution in [2.75, 3.05) is 18.0 Å². The number of benzene rings is 2. The highest BCUT2D eigenvalue weighted by molar-refractivity contribution is 5.94. The molecular formula is C22H21F2N9O2. The molecule has 180 valence electrons. The molecule has 0 bridgehead atoms. The average molecular weight is 481 g/mol. The second kappa shape index (κ2) is 8.83. The Balaban J connectivity index is 1.43. The monoisotopic (exact) mass is 481 g/mol. The van der Waals surface area contributed by atoms with E-state index in [1.54, 1.807) is 36.1 Å². The van der Waals surface area contributed by atoms with E-state index in [1.807, 2.05) is 0 Å². The van der Waals surface area contributed by atoms with Crippen LogP contribution in [0, 0.1) is 11.6 Å². The van der Waals surface area contributed by atoms with Crippen molar-refractivity contribution in [2.45, 2.75) is 25.1 Å². The Morgan fingerprint density at radius 2 is 1.83 bits per heavy atom. The van der Waals surface area contributed by atoms with Crippen molar-refractivity contribution in [2.24, 2.45) is 0 Å². The largest absolute Gasteiger partial charge is 0.381 e. The van der Waals surface area contributed by atoms with E-state index in [9.17, 15) is 18.7 Å². The van der Waals surface area contributed by atoms with E-state index in [2.05, 4.69) is 25.5 Å². The minimum absolute atomic E-state index is 0.141. The summed E-state index contributed by atoms with van der Waals surface area (Å²) in [4.78, 5) is 21.6. The Morgan fingerprint density at radius 1 is 1.06 bits per heavy atom. The molecule has 1 fully saturated rings. The number of carbonyl (C=O) groups excluding carboxylic acids is 1. The molecule has 3 heterocycles. The van der Waals surface area contributed by atoms with Crippen LogP contribution >= 0.6 is 0 Å². The van der Waals surface area contributed by atoms with E-state index in [0.717, 1.165) is 6.07 Å². The third-order valence-electron chi connectivity index (χ3n) is 6.21. The number of carbonyl (C=O) groups is 1. The van der Waals surface area contributed by atoms with Crippen LogP contribution in [0.3, 0.4) is 0 Å². The van der Waals surface area contributed by atoms with Crippen LogP contribution in [0.15, 0.2) is 61.4 Å². The maximum atomic E-state index is 14.8. The molecule has 1 unspecified atom stereocenters. The summed E-state index contributed by atoms with van der Waals surface area (Å²) < 4.78 is 29.8. The molecule has 1 aliphatic heterocycles. The molecule has 1 aliphatic rings. The predicted molar refractivity (Wildman–Crippen MR) is 118 cm³/mol. The summed E-state index contributed by atoms with van der Waals surface area (Å²) in [5.74, 6) is -1.68. The van der Waals surface area contributed by atoms with Gasteiger partial charge >= 0.3 is 6.03 Å². The summed E-state index contributed by atoms with van der Waals surface area (Å²) in [5.41, 5.74) is -0.740. The number of halogens is 2. The van der Waals surface area contributed by atoms with E-state index in [0.29, 0.717) is 24.0 Å². The van der Waals surface area contributed by atoms with Crippen molar-refractivity contribution in [3.63, 3.8) is 0 Å². The molecule has 11 nitrogen and oxygen atoms in total. The quantitative estimate of drug-likeness (QED) is 0.427. The lowest BCUT2D eigenvalue weighted by Gasteiger charge is -2.39. The zero-order chi connectivity index (χ0) is 24.6. The Kier molecular flexibility index (Phi) is 5.68. The molecule has 0 spiro atoms. The number of urea groups is 1. The fourth-order valence-corrected chi connectivity index (χ4v) is 4.31. The van der Waals surface area contributed by atoms with Crippen molar-refractivity contribution in [3.8, 4) is 5.69 Å². The minimum Gasteiger partial charge on any atom is -0.381 e. The standard InChI is InChI=1S/C22H21F2N9O2/c1-15(22(35,11-30-14-25-12-27-30)19-7-2-16(23)10-20(19)24)31-8-9-32(21(31)34)17-3-5-18(6-4-17)33-28-13-26-29-33/h2-7,10,12-15,35H,8-9,11H2,1H3/t15-,22?/m1/s1. The van der Waals surface area contributed by atoms with E-state index in [1.165, 1.54) is 39.4 Å². The Hall–Kier alpha value is -4.26. The molecule has 1 N–H and O–H groups in total. The molecule has 2 aromatic heterocycles. The highest BCUT2D eigenvalue weighted by Gasteiger charge is 2.46. The minimum atomic E-state index is -1.92. The van der Waals surface area contributed by atoms with Gasteiger partial charge in [-0.05, 0) is 42.5 Å². The lowest BCUT2D eigenvalue weighted by atomic mass is 9.85. The fourth-order valence-electron chi connectivity index (χ4n) is 4.31. The Bertz CT molecular complexity index is 1320. The molecule has 2 atom stereocenters. The van der Waals surface area contributed by atoms with Gasteiger partial charge in [-0.25, -0.2) is 23.2 Å². The van der Waals surface area contributed by atoms with Gasteiger partial charge in [0.2, 0.25) is 0 Å². The number of anilines is 1. The number of amides is 2.